The first-order valence-corrected chi connectivity index (χ1v) is 7.49. The minimum atomic E-state index is -4.84. The van der Waals surface area contributed by atoms with Crippen LogP contribution in [0.1, 0.15) is 23.1 Å². The van der Waals surface area contributed by atoms with Crippen molar-refractivity contribution in [3.63, 3.8) is 0 Å². The fourth-order valence-electron chi connectivity index (χ4n) is 2.69. The number of rotatable bonds is 4. The summed E-state index contributed by atoms with van der Waals surface area (Å²) in [6, 6.07) is 9.10. The highest BCUT2D eigenvalue weighted by Crippen LogP contribution is 2.36. The maximum absolute atomic E-state index is 12.6. The Morgan fingerprint density at radius 3 is 2.04 bits per heavy atom. The molecule has 2 aromatic carbocycles. The van der Waals surface area contributed by atoms with Crippen LogP contribution in [-0.4, -0.2) is 12.5 Å². The molecule has 0 N–H and O–H groups in total. The van der Waals surface area contributed by atoms with Crippen molar-refractivity contribution in [2.75, 3.05) is 0 Å². The number of benzene rings is 2. The van der Waals surface area contributed by atoms with Gasteiger partial charge in [0.2, 0.25) is 0 Å². The van der Waals surface area contributed by atoms with Crippen molar-refractivity contribution < 1.29 is 31.1 Å². The van der Waals surface area contributed by atoms with Gasteiger partial charge in [-0.1, -0.05) is 30.3 Å². The molecule has 0 spiro atoms. The third-order valence-electron chi connectivity index (χ3n) is 3.87. The molecule has 0 amide bonds. The molecule has 0 aliphatic rings. The summed E-state index contributed by atoms with van der Waals surface area (Å²) >= 11 is 0. The number of alkyl halides is 6. The summed E-state index contributed by atoms with van der Waals surface area (Å²) in [6.45, 7) is 3.13. The molecule has 0 aromatic heterocycles. The lowest BCUT2D eigenvalue weighted by Gasteiger charge is -2.18. The van der Waals surface area contributed by atoms with Crippen LogP contribution in [0.25, 0.3) is 11.1 Å². The van der Waals surface area contributed by atoms with Crippen molar-refractivity contribution in [2.45, 2.75) is 39.2 Å². The van der Waals surface area contributed by atoms with Gasteiger partial charge in [-0.05, 0) is 54.2 Å². The third-order valence-corrected chi connectivity index (χ3v) is 3.87. The summed E-state index contributed by atoms with van der Waals surface area (Å²) in [5.41, 5.74) is 2.24. The minimum Gasteiger partial charge on any atom is -0.405 e. The fourth-order valence-corrected chi connectivity index (χ4v) is 2.69. The SMILES string of the molecule is Cc1cccc(-c2cccc(OC(F)(F)F)c2C)c1CCC(F)(F)F. The molecule has 7 heteroatoms. The maximum Gasteiger partial charge on any atom is 0.573 e. The lowest BCUT2D eigenvalue weighted by Crippen LogP contribution is -2.18. The van der Waals surface area contributed by atoms with E-state index < -0.39 is 19.0 Å². The van der Waals surface area contributed by atoms with Crippen LogP contribution in [0.4, 0.5) is 26.3 Å². The van der Waals surface area contributed by atoms with Crippen LogP contribution >= 0.6 is 0 Å². The number of aryl methyl sites for hydroxylation is 1. The normalized spacial score (nSPS) is 12.3. The van der Waals surface area contributed by atoms with Gasteiger partial charge in [-0.3, -0.25) is 0 Å². The van der Waals surface area contributed by atoms with Crippen LogP contribution in [0, 0.1) is 13.8 Å². The second-order valence-electron chi connectivity index (χ2n) is 5.69. The van der Waals surface area contributed by atoms with E-state index in [0.717, 1.165) is 0 Å². The second-order valence-corrected chi connectivity index (χ2v) is 5.69. The minimum absolute atomic E-state index is 0.221. The van der Waals surface area contributed by atoms with Crippen LogP contribution in [-0.2, 0) is 6.42 Å². The Kier molecular flexibility index (Phi) is 5.34. The van der Waals surface area contributed by atoms with Crippen LogP contribution in [0.5, 0.6) is 5.75 Å². The Balaban J connectivity index is 2.49. The van der Waals surface area contributed by atoms with Crippen LogP contribution < -0.4 is 4.74 Å². The molecule has 0 unspecified atom stereocenters. The Labute approximate surface area is 141 Å². The van der Waals surface area contributed by atoms with E-state index in [1.165, 1.54) is 19.1 Å². The van der Waals surface area contributed by atoms with Gasteiger partial charge in [0.25, 0.3) is 0 Å². The molecule has 0 atom stereocenters. The Morgan fingerprint density at radius 1 is 0.840 bits per heavy atom. The monoisotopic (exact) mass is 362 g/mol. The molecule has 2 rings (SSSR count). The van der Waals surface area contributed by atoms with E-state index in [1.807, 2.05) is 0 Å². The zero-order valence-corrected chi connectivity index (χ0v) is 13.6. The summed E-state index contributed by atoms with van der Waals surface area (Å²) in [7, 11) is 0. The van der Waals surface area contributed by atoms with Crippen LogP contribution in [0.2, 0.25) is 0 Å². The van der Waals surface area contributed by atoms with Crippen molar-refractivity contribution in [2.24, 2.45) is 0 Å². The molecule has 0 aliphatic carbocycles. The van der Waals surface area contributed by atoms with Gasteiger partial charge < -0.3 is 4.74 Å². The van der Waals surface area contributed by atoms with Crippen molar-refractivity contribution in [3.05, 3.63) is 53.1 Å². The summed E-state index contributed by atoms with van der Waals surface area (Å²) < 4.78 is 79.3. The fraction of sp³-hybridized carbons (Fsp3) is 0.333. The molecule has 0 heterocycles. The van der Waals surface area contributed by atoms with Crippen LogP contribution in [0.3, 0.4) is 0 Å². The van der Waals surface area contributed by atoms with Crippen LogP contribution in [0.15, 0.2) is 36.4 Å². The zero-order valence-electron chi connectivity index (χ0n) is 13.6. The summed E-state index contributed by atoms with van der Waals surface area (Å²) in [6.07, 6.45) is -10.4. The van der Waals surface area contributed by atoms with Gasteiger partial charge in [0.15, 0.2) is 0 Å². The molecule has 0 aliphatic heterocycles. The Bertz CT molecular complexity index is 746. The van der Waals surface area contributed by atoms with Crippen molar-refractivity contribution >= 4 is 0 Å². The molecule has 0 radical (unpaired) electrons. The predicted molar refractivity (Wildman–Crippen MR) is 82.4 cm³/mol. The smallest absolute Gasteiger partial charge is 0.405 e. The number of hydrogen-bond acceptors (Lipinski definition) is 1. The molecule has 0 fully saturated rings. The first-order valence-electron chi connectivity index (χ1n) is 7.49. The largest absolute Gasteiger partial charge is 0.573 e. The molecular weight excluding hydrogens is 346 g/mol. The predicted octanol–water partition coefficient (Wildman–Crippen LogP) is 6.36. The molecule has 136 valence electrons. The summed E-state index contributed by atoms with van der Waals surface area (Å²) in [4.78, 5) is 0. The number of hydrogen-bond donors (Lipinski definition) is 0. The van der Waals surface area contributed by atoms with Gasteiger partial charge in [-0.2, -0.15) is 13.2 Å². The van der Waals surface area contributed by atoms with E-state index in [0.29, 0.717) is 22.3 Å². The first kappa shape index (κ1) is 19.1. The molecule has 0 bridgehead atoms. The van der Waals surface area contributed by atoms with Crippen molar-refractivity contribution in [1.29, 1.82) is 0 Å². The molecular formula is C18H16F6O. The van der Waals surface area contributed by atoms with Gasteiger partial charge in [-0.15, -0.1) is 13.2 Å². The van der Waals surface area contributed by atoms with Gasteiger partial charge in [0.1, 0.15) is 5.75 Å². The lowest BCUT2D eigenvalue weighted by atomic mass is 9.90. The molecule has 1 nitrogen and oxygen atoms in total. The maximum atomic E-state index is 12.6. The zero-order chi connectivity index (χ0) is 18.8. The highest BCUT2D eigenvalue weighted by molar-refractivity contribution is 5.73. The topological polar surface area (TPSA) is 9.23 Å². The Morgan fingerprint density at radius 2 is 1.44 bits per heavy atom. The third kappa shape index (κ3) is 5.14. The highest BCUT2D eigenvalue weighted by atomic mass is 19.4. The number of ether oxygens (including phenoxy) is 1. The van der Waals surface area contributed by atoms with Crippen molar-refractivity contribution in [3.8, 4) is 16.9 Å². The highest BCUT2D eigenvalue weighted by Gasteiger charge is 2.32. The van der Waals surface area contributed by atoms with Gasteiger partial charge in [-0.25, -0.2) is 0 Å². The van der Waals surface area contributed by atoms with Gasteiger partial charge in [0.05, 0.1) is 0 Å². The van der Waals surface area contributed by atoms with Gasteiger partial charge in [0, 0.05) is 6.42 Å². The van der Waals surface area contributed by atoms with Crippen molar-refractivity contribution in [1.82, 2.24) is 0 Å². The second kappa shape index (κ2) is 6.98. The standard InChI is InChI=1S/C18H16F6O/c1-11-5-3-7-15(13(11)9-10-17(19,20)21)14-6-4-8-16(12(14)2)25-18(22,23)24/h3-8H,9-10H2,1-2H3. The van der Waals surface area contributed by atoms with E-state index in [1.54, 1.807) is 31.2 Å². The lowest BCUT2D eigenvalue weighted by molar-refractivity contribution is -0.274. The van der Waals surface area contributed by atoms with E-state index in [9.17, 15) is 26.3 Å². The van der Waals surface area contributed by atoms with E-state index in [-0.39, 0.29) is 17.7 Å². The average molecular weight is 362 g/mol. The first-order chi connectivity index (χ1) is 11.5. The number of halogens is 6. The Hall–Kier alpha value is -2.18. The van der Waals surface area contributed by atoms with E-state index in [2.05, 4.69) is 4.74 Å². The molecule has 2 aromatic rings. The average Bonchev–Trinajstić information content (AvgIpc) is 2.46. The molecule has 0 saturated heterocycles. The summed E-state index contributed by atoms with van der Waals surface area (Å²) in [5.74, 6) is -0.367. The van der Waals surface area contributed by atoms with E-state index in [4.69, 9.17) is 0 Å². The quantitative estimate of drug-likeness (QED) is 0.575. The summed E-state index contributed by atoms with van der Waals surface area (Å²) in [5, 5.41) is 0. The molecule has 25 heavy (non-hydrogen) atoms. The van der Waals surface area contributed by atoms with E-state index >= 15 is 0 Å². The van der Waals surface area contributed by atoms with Gasteiger partial charge >= 0.3 is 12.5 Å². The molecule has 0 saturated carbocycles.